The van der Waals surface area contributed by atoms with Crippen molar-refractivity contribution in [3.8, 4) is 0 Å². The number of carbonyl (C=O) groups excluding carboxylic acids is 1. The minimum atomic E-state index is 0.0630. The zero-order valence-corrected chi connectivity index (χ0v) is 8.49. The van der Waals surface area contributed by atoms with Crippen LogP contribution in [0.15, 0.2) is 24.0 Å². The van der Waals surface area contributed by atoms with Gasteiger partial charge >= 0.3 is 0 Å². The van der Waals surface area contributed by atoms with Crippen molar-refractivity contribution < 1.29 is 4.79 Å². The molecule has 72 valence electrons. The van der Waals surface area contributed by atoms with Crippen LogP contribution in [0.25, 0.3) is 0 Å². The molecule has 0 unspecified atom stereocenters. The van der Waals surface area contributed by atoms with Crippen LogP contribution in [0.1, 0.15) is 15.4 Å². The molecule has 0 aromatic carbocycles. The van der Waals surface area contributed by atoms with Gasteiger partial charge in [-0.15, -0.1) is 11.3 Å². The predicted molar refractivity (Wildman–Crippen MR) is 53.4 cm³/mol. The average molecular weight is 207 g/mol. The summed E-state index contributed by atoms with van der Waals surface area (Å²) in [6.45, 7) is 0. The largest absolute Gasteiger partial charge is 0.294 e. The van der Waals surface area contributed by atoms with Crippen LogP contribution >= 0.6 is 11.3 Å². The quantitative estimate of drug-likeness (QED) is 0.713. The van der Waals surface area contributed by atoms with Gasteiger partial charge < -0.3 is 0 Å². The summed E-state index contributed by atoms with van der Waals surface area (Å²) in [4.78, 5) is 15.7. The van der Waals surface area contributed by atoms with Crippen molar-refractivity contribution in [1.82, 2.24) is 14.8 Å². The number of rotatable bonds is 3. The Morgan fingerprint density at radius 1 is 1.64 bits per heavy atom. The highest BCUT2D eigenvalue weighted by molar-refractivity contribution is 7.09. The van der Waals surface area contributed by atoms with Gasteiger partial charge in [0.2, 0.25) is 0 Å². The third-order valence-corrected chi connectivity index (χ3v) is 2.60. The van der Waals surface area contributed by atoms with Gasteiger partial charge in [-0.05, 0) is 0 Å². The normalized spacial score (nSPS) is 10.4. The van der Waals surface area contributed by atoms with Gasteiger partial charge in [-0.25, -0.2) is 4.98 Å². The Kier molecular flexibility index (Phi) is 2.41. The molecule has 0 spiro atoms. The lowest BCUT2D eigenvalue weighted by Crippen LogP contribution is -2.01. The van der Waals surface area contributed by atoms with Gasteiger partial charge in [-0.2, -0.15) is 5.10 Å². The number of aromatic nitrogens is 3. The van der Waals surface area contributed by atoms with Gasteiger partial charge in [0, 0.05) is 24.8 Å². The lowest BCUT2D eigenvalue weighted by atomic mass is 10.2. The number of hydrogen-bond acceptors (Lipinski definition) is 4. The Labute approximate surface area is 85.2 Å². The molecule has 0 aliphatic carbocycles. The molecule has 0 bridgehead atoms. The molecule has 0 aliphatic rings. The Morgan fingerprint density at radius 2 is 2.50 bits per heavy atom. The van der Waals surface area contributed by atoms with E-state index in [1.54, 1.807) is 30.3 Å². The third-order valence-electron chi connectivity index (χ3n) is 1.82. The molecule has 0 radical (unpaired) electrons. The number of thiazole rings is 1. The molecule has 0 atom stereocenters. The number of carbonyl (C=O) groups is 1. The van der Waals surface area contributed by atoms with Crippen LogP contribution in [0.2, 0.25) is 0 Å². The van der Waals surface area contributed by atoms with E-state index in [1.165, 1.54) is 11.3 Å². The highest BCUT2D eigenvalue weighted by Crippen LogP contribution is 2.08. The summed E-state index contributed by atoms with van der Waals surface area (Å²) in [7, 11) is 1.79. The summed E-state index contributed by atoms with van der Waals surface area (Å²) in [6, 6.07) is 0. The third kappa shape index (κ3) is 1.88. The number of nitrogens with zero attached hydrogens (tertiary/aromatic N) is 3. The molecule has 2 aromatic rings. The molecule has 14 heavy (non-hydrogen) atoms. The molecule has 4 nitrogen and oxygen atoms in total. The van der Waals surface area contributed by atoms with Gasteiger partial charge in [0.05, 0.1) is 18.2 Å². The predicted octanol–water partition coefficient (Wildman–Crippen LogP) is 1.30. The van der Waals surface area contributed by atoms with Crippen LogP contribution < -0.4 is 0 Å². The van der Waals surface area contributed by atoms with E-state index in [1.807, 2.05) is 5.38 Å². The fourth-order valence-corrected chi connectivity index (χ4v) is 1.76. The van der Waals surface area contributed by atoms with Crippen molar-refractivity contribution in [1.29, 1.82) is 0 Å². The standard InChI is InChI=1S/C9H9N3OS/c1-12-6-7(5-11-12)8(13)4-9-10-2-3-14-9/h2-3,5-6H,4H2,1H3. The molecular weight excluding hydrogens is 198 g/mol. The first kappa shape index (κ1) is 9.08. The number of hydrogen-bond donors (Lipinski definition) is 0. The fraction of sp³-hybridized carbons (Fsp3) is 0.222. The summed E-state index contributed by atoms with van der Waals surface area (Å²) in [5.74, 6) is 0.0630. The molecular formula is C9H9N3OS. The second-order valence-electron chi connectivity index (χ2n) is 2.93. The van der Waals surface area contributed by atoms with E-state index in [2.05, 4.69) is 10.1 Å². The fourth-order valence-electron chi connectivity index (χ4n) is 1.14. The second kappa shape index (κ2) is 3.71. The van der Waals surface area contributed by atoms with E-state index in [9.17, 15) is 4.79 Å². The van der Waals surface area contributed by atoms with E-state index < -0.39 is 0 Å². The molecule has 2 rings (SSSR count). The van der Waals surface area contributed by atoms with Crippen molar-refractivity contribution in [2.75, 3.05) is 0 Å². The average Bonchev–Trinajstić information content (AvgIpc) is 2.75. The maximum Gasteiger partial charge on any atom is 0.172 e. The topological polar surface area (TPSA) is 47.8 Å². The van der Waals surface area contributed by atoms with Gasteiger partial charge in [0.15, 0.2) is 5.78 Å². The lowest BCUT2D eigenvalue weighted by molar-refractivity contribution is 0.0993. The van der Waals surface area contributed by atoms with Crippen LogP contribution in [0.5, 0.6) is 0 Å². The van der Waals surface area contributed by atoms with E-state index >= 15 is 0 Å². The van der Waals surface area contributed by atoms with Gasteiger partial charge in [0.25, 0.3) is 0 Å². The molecule has 0 N–H and O–H groups in total. The summed E-state index contributed by atoms with van der Waals surface area (Å²) in [6.07, 6.45) is 5.37. The molecule has 0 saturated carbocycles. The van der Waals surface area contributed by atoms with E-state index in [4.69, 9.17) is 0 Å². The van der Waals surface area contributed by atoms with Crippen molar-refractivity contribution in [3.63, 3.8) is 0 Å². The first-order valence-corrected chi connectivity index (χ1v) is 5.04. The minimum absolute atomic E-state index is 0.0630. The molecule has 0 aliphatic heterocycles. The van der Waals surface area contributed by atoms with Crippen LogP contribution in [-0.2, 0) is 13.5 Å². The van der Waals surface area contributed by atoms with Crippen LogP contribution in [-0.4, -0.2) is 20.5 Å². The van der Waals surface area contributed by atoms with Crippen LogP contribution in [0.3, 0.4) is 0 Å². The van der Waals surface area contributed by atoms with E-state index in [0.717, 1.165) is 5.01 Å². The highest BCUT2D eigenvalue weighted by Gasteiger charge is 2.09. The molecule has 0 amide bonds. The Balaban J connectivity index is 2.10. The number of ketones is 1. The van der Waals surface area contributed by atoms with Crippen molar-refractivity contribution >= 4 is 17.1 Å². The molecule has 2 heterocycles. The molecule has 5 heteroatoms. The Bertz CT molecular complexity index is 433. The summed E-state index contributed by atoms with van der Waals surface area (Å²) >= 11 is 1.49. The molecule has 2 aromatic heterocycles. The Hall–Kier alpha value is -1.49. The molecule has 0 saturated heterocycles. The van der Waals surface area contributed by atoms with Crippen molar-refractivity contribution in [2.45, 2.75) is 6.42 Å². The first-order chi connectivity index (χ1) is 6.75. The lowest BCUT2D eigenvalue weighted by Gasteiger charge is -1.92. The van der Waals surface area contributed by atoms with E-state index in [0.29, 0.717) is 12.0 Å². The smallest absolute Gasteiger partial charge is 0.172 e. The molecule has 0 fully saturated rings. The minimum Gasteiger partial charge on any atom is -0.294 e. The highest BCUT2D eigenvalue weighted by atomic mass is 32.1. The number of Topliss-reactive ketones (excluding diaryl/α,β-unsaturated/α-hetero) is 1. The van der Waals surface area contributed by atoms with Crippen LogP contribution in [0, 0.1) is 0 Å². The van der Waals surface area contributed by atoms with Crippen LogP contribution in [0.4, 0.5) is 0 Å². The second-order valence-corrected chi connectivity index (χ2v) is 3.91. The number of aryl methyl sites for hydroxylation is 1. The van der Waals surface area contributed by atoms with Crippen molar-refractivity contribution in [2.24, 2.45) is 7.05 Å². The van der Waals surface area contributed by atoms with Gasteiger partial charge in [-0.1, -0.05) is 0 Å². The van der Waals surface area contributed by atoms with Gasteiger partial charge in [-0.3, -0.25) is 9.48 Å². The van der Waals surface area contributed by atoms with Crippen molar-refractivity contribution in [3.05, 3.63) is 34.5 Å². The summed E-state index contributed by atoms with van der Waals surface area (Å²) in [5.41, 5.74) is 0.641. The SMILES string of the molecule is Cn1cc(C(=O)Cc2nccs2)cn1. The maximum absolute atomic E-state index is 11.6. The maximum atomic E-state index is 11.6. The van der Waals surface area contributed by atoms with Gasteiger partial charge in [0.1, 0.15) is 5.01 Å². The van der Waals surface area contributed by atoms with E-state index in [-0.39, 0.29) is 5.78 Å². The summed E-state index contributed by atoms with van der Waals surface area (Å²) < 4.78 is 1.62. The monoisotopic (exact) mass is 207 g/mol. The zero-order valence-electron chi connectivity index (χ0n) is 7.67. The zero-order chi connectivity index (χ0) is 9.97. The first-order valence-electron chi connectivity index (χ1n) is 4.16. The summed E-state index contributed by atoms with van der Waals surface area (Å²) in [5, 5.41) is 6.66. The Morgan fingerprint density at radius 3 is 3.07 bits per heavy atom.